The van der Waals surface area contributed by atoms with E-state index in [0.717, 1.165) is 52.1 Å². The summed E-state index contributed by atoms with van der Waals surface area (Å²) in [7, 11) is 1.69. The van der Waals surface area contributed by atoms with Gasteiger partial charge in [0, 0.05) is 26.9 Å². The Morgan fingerprint density at radius 1 is 1.28 bits per heavy atom. The maximum atomic E-state index is 11.1. The Labute approximate surface area is 109 Å². The van der Waals surface area contributed by atoms with Gasteiger partial charge in [-0.05, 0) is 39.3 Å². The van der Waals surface area contributed by atoms with Crippen LogP contribution in [-0.2, 0) is 14.3 Å². The number of ether oxygens (including phenoxy) is 2. The van der Waals surface area contributed by atoms with Crippen molar-refractivity contribution in [1.29, 1.82) is 0 Å². The molecule has 106 valence electrons. The molecular formula is C13H25NO4. The number of carboxylic acid groups (broad SMARTS) is 1. The van der Waals surface area contributed by atoms with Crippen LogP contribution < -0.4 is 0 Å². The van der Waals surface area contributed by atoms with E-state index in [0.29, 0.717) is 6.61 Å². The molecule has 1 aliphatic heterocycles. The zero-order valence-electron chi connectivity index (χ0n) is 11.5. The van der Waals surface area contributed by atoms with Gasteiger partial charge in [0.2, 0.25) is 0 Å². The first-order chi connectivity index (χ1) is 8.58. The van der Waals surface area contributed by atoms with Gasteiger partial charge in [0.15, 0.2) is 0 Å². The van der Waals surface area contributed by atoms with Gasteiger partial charge >= 0.3 is 5.97 Å². The quantitative estimate of drug-likeness (QED) is 0.664. The Morgan fingerprint density at radius 2 is 1.94 bits per heavy atom. The molecule has 1 N–H and O–H groups in total. The summed E-state index contributed by atoms with van der Waals surface area (Å²) in [6.45, 7) is 6.62. The molecule has 1 aliphatic rings. The number of carboxylic acids is 1. The molecule has 0 aromatic rings. The van der Waals surface area contributed by atoms with E-state index in [1.807, 2.05) is 6.92 Å². The summed E-state index contributed by atoms with van der Waals surface area (Å²) in [4.78, 5) is 13.4. The predicted molar refractivity (Wildman–Crippen MR) is 68.7 cm³/mol. The second-order valence-corrected chi connectivity index (χ2v) is 5.17. The van der Waals surface area contributed by atoms with Gasteiger partial charge in [0.1, 0.15) is 0 Å². The minimum Gasteiger partial charge on any atom is -0.481 e. The molecular weight excluding hydrogens is 234 g/mol. The van der Waals surface area contributed by atoms with Crippen LogP contribution in [0.4, 0.5) is 0 Å². The third-order valence-electron chi connectivity index (χ3n) is 3.66. The third kappa shape index (κ3) is 4.92. The zero-order chi connectivity index (χ0) is 13.4. The maximum absolute atomic E-state index is 11.1. The summed E-state index contributed by atoms with van der Waals surface area (Å²) < 4.78 is 10.4. The largest absolute Gasteiger partial charge is 0.481 e. The van der Waals surface area contributed by atoms with Gasteiger partial charge in [-0.1, -0.05) is 0 Å². The van der Waals surface area contributed by atoms with Crippen molar-refractivity contribution in [2.24, 2.45) is 5.41 Å². The third-order valence-corrected chi connectivity index (χ3v) is 3.66. The molecule has 1 heterocycles. The highest BCUT2D eigenvalue weighted by atomic mass is 16.5. The molecule has 18 heavy (non-hydrogen) atoms. The van der Waals surface area contributed by atoms with Crippen LogP contribution in [0.2, 0.25) is 0 Å². The molecule has 0 aliphatic carbocycles. The number of nitrogens with zero attached hydrogens (tertiary/aromatic N) is 1. The van der Waals surface area contributed by atoms with Crippen molar-refractivity contribution >= 4 is 5.97 Å². The zero-order valence-corrected chi connectivity index (χ0v) is 11.5. The van der Waals surface area contributed by atoms with E-state index in [2.05, 4.69) is 4.90 Å². The van der Waals surface area contributed by atoms with Crippen LogP contribution in [0, 0.1) is 5.41 Å². The smallest absolute Gasteiger partial charge is 0.309 e. The molecule has 0 atom stereocenters. The van der Waals surface area contributed by atoms with Crippen molar-refractivity contribution in [3.05, 3.63) is 0 Å². The van der Waals surface area contributed by atoms with E-state index in [1.165, 1.54) is 0 Å². The van der Waals surface area contributed by atoms with Gasteiger partial charge in [0.05, 0.1) is 12.0 Å². The Hall–Kier alpha value is -0.650. The van der Waals surface area contributed by atoms with Crippen molar-refractivity contribution in [2.75, 3.05) is 46.6 Å². The summed E-state index contributed by atoms with van der Waals surface area (Å²) in [6.07, 6.45) is 2.38. The fourth-order valence-electron chi connectivity index (χ4n) is 2.09. The normalized spacial score (nSPS) is 19.9. The van der Waals surface area contributed by atoms with Crippen molar-refractivity contribution in [1.82, 2.24) is 4.90 Å². The Bertz CT molecular complexity index is 249. The average Bonchev–Trinajstić information content (AvgIpc) is 2.36. The number of likely N-dealkylation sites (tertiary alicyclic amines) is 1. The van der Waals surface area contributed by atoms with E-state index in [-0.39, 0.29) is 0 Å². The molecule has 0 radical (unpaired) electrons. The second kappa shape index (κ2) is 7.71. The topological polar surface area (TPSA) is 59.0 Å². The summed E-state index contributed by atoms with van der Waals surface area (Å²) in [5.74, 6) is -0.669. The van der Waals surface area contributed by atoms with E-state index < -0.39 is 11.4 Å². The van der Waals surface area contributed by atoms with E-state index in [4.69, 9.17) is 14.6 Å². The SMILES string of the molecule is COCCCOCCN1CCC(C)(C(=O)O)CC1. The van der Waals surface area contributed by atoms with Gasteiger partial charge in [-0.2, -0.15) is 0 Å². The van der Waals surface area contributed by atoms with Crippen LogP contribution in [-0.4, -0.2) is 62.5 Å². The van der Waals surface area contributed by atoms with Crippen molar-refractivity contribution in [3.8, 4) is 0 Å². The van der Waals surface area contributed by atoms with Crippen LogP contribution in [0.25, 0.3) is 0 Å². The molecule has 5 heteroatoms. The summed E-state index contributed by atoms with van der Waals surface area (Å²) in [5, 5.41) is 9.13. The molecule has 0 aromatic heterocycles. The first kappa shape index (κ1) is 15.4. The molecule has 0 spiro atoms. The highest BCUT2D eigenvalue weighted by molar-refractivity contribution is 5.74. The number of piperidine rings is 1. The summed E-state index contributed by atoms with van der Waals surface area (Å²) in [6, 6.07) is 0. The number of carbonyl (C=O) groups is 1. The highest BCUT2D eigenvalue weighted by Crippen LogP contribution is 2.30. The lowest BCUT2D eigenvalue weighted by Gasteiger charge is -2.36. The Kier molecular flexibility index (Phi) is 6.60. The summed E-state index contributed by atoms with van der Waals surface area (Å²) >= 11 is 0. The number of hydrogen-bond donors (Lipinski definition) is 1. The van der Waals surface area contributed by atoms with Gasteiger partial charge < -0.3 is 19.5 Å². The number of rotatable bonds is 8. The van der Waals surface area contributed by atoms with Crippen LogP contribution in [0.3, 0.4) is 0 Å². The van der Waals surface area contributed by atoms with Gasteiger partial charge in [-0.3, -0.25) is 4.79 Å². The van der Waals surface area contributed by atoms with Crippen molar-refractivity contribution in [2.45, 2.75) is 26.2 Å². The van der Waals surface area contributed by atoms with Crippen LogP contribution in [0.5, 0.6) is 0 Å². The average molecular weight is 259 g/mol. The van der Waals surface area contributed by atoms with Crippen LogP contribution in [0.15, 0.2) is 0 Å². The fraction of sp³-hybridized carbons (Fsp3) is 0.923. The molecule has 0 amide bonds. The summed E-state index contributed by atoms with van der Waals surface area (Å²) in [5.41, 5.74) is -0.532. The van der Waals surface area contributed by atoms with Crippen molar-refractivity contribution < 1.29 is 19.4 Å². The number of hydrogen-bond acceptors (Lipinski definition) is 4. The Morgan fingerprint density at radius 3 is 2.50 bits per heavy atom. The highest BCUT2D eigenvalue weighted by Gasteiger charge is 2.36. The standard InChI is InChI=1S/C13H25NO4/c1-13(12(15)16)4-6-14(7-5-13)8-11-18-10-3-9-17-2/h3-11H2,1-2H3,(H,15,16). The number of methoxy groups -OCH3 is 1. The van der Waals surface area contributed by atoms with E-state index in [9.17, 15) is 4.79 Å². The number of aliphatic carboxylic acids is 1. The molecule has 0 aromatic carbocycles. The van der Waals surface area contributed by atoms with Crippen LogP contribution >= 0.6 is 0 Å². The second-order valence-electron chi connectivity index (χ2n) is 5.17. The van der Waals surface area contributed by atoms with Crippen molar-refractivity contribution in [3.63, 3.8) is 0 Å². The molecule has 5 nitrogen and oxygen atoms in total. The lowest BCUT2D eigenvalue weighted by atomic mass is 9.80. The van der Waals surface area contributed by atoms with E-state index >= 15 is 0 Å². The monoisotopic (exact) mass is 259 g/mol. The predicted octanol–water partition coefficient (Wildman–Crippen LogP) is 1.23. The maximum Gasteiger partial charge on any atom is 0.309 e. The molecule has 0 saturated carbocycles. The lowest BCUT2D eigenvalue weighted by molar-refractivity contribution is -0.150. The van der Waals surface area contributed by atoms with Gasteiger partial charge in [-0.25, -0.2) is 0 Å². The molecule has 1 saturated heterocycles. The van der Waals surface area contributed by atoms with E-state index in [1.54, 1.807) is 7.11 Å². The molecule has 0 bridgehead atoms. The molecule has 1 fully saturated rings. The first-order valence-electron chi connectivity index (χ1n) is 6.61. The lowest BCUT2D eigenvalue weighted by Crippen LogP contribution is -2.43. The van der Waals surface area contributed by atoms with Crippen LogP contribution in [0.1, 0.15) is 26.2 Å². The Balaban J connectivity index is 2.07. The molecule has 1 rings (SSSR count). The fourth-order valence-corrected chi connectivity index (χ4v) is 2.09. The van der Waals surface area contributed by atoms with Gasteiger partial charge in [0.25, 0.3) is 0 Å². The van der Waals surface area contributed by atoms with Gasteiger partial charge in [-0.15, -0.1) is 0 Å². The minimum absolute atomic E-state index is 0.532. The first-order valence-corrected chi connectivity index (χ1v) is 6.61. The molecule has 0 unspecified atom stereocenters. The minimum atomic E-state index is -0.669.